The summed E-state index contributed by atoms with van der Waals surface area (Å²) in [5.74, 6) is 0.000195. The monoisotopic (exact) mass is 575 g/mol. The maximum absolute atomic E-state index is 14.7. The van der Waals surface area contributed by atoms with Crippen LogP contribution in [0.5, 0.6) is 0 Å². The number of anilines is 2. The first kappa shape index (κ1) is 28.0. The molecule has 0 saturated heterocycles. The van der Waals surface area contributed by atoms with E-state index in [0.717, 1.165) is 68.0 Å². The van der Waals surface area contributed by atoms with E-state index in [9.17, 15) is 4.39 Å². The molecule has 0 bridgehead atoms. The topological polar surface area (TPSA) is 110 Å². The fraction of sp³-hybridized carbons (Fsp3) is 0.212. The molecule has 0 fully saturated rings. The number of allylic oxidation sites excluding steroid dienone is 1. The van der Waals surface area contributed by atoms with Gasteiger partial charge in [0.15, 0.2) is 5.65 Å². The minimum absolute atomic E-state index is 0.300. The highest BCUT2D eigenvalue weighted by Crippen LogP contribution is 2.35. The molecule has 0 aliphatic carbocycles. The maximum atomic E-state index is 14.7. The van der Waals surface area contributed by atoms with Gasteiger partial charge in [-0.05, 0) is 73.6 Å². The zero-order valence-corrected chi connectivity index (χ0v) is 24.7. The predicted octanol–water partition coefficient (Wildman–Crippen LogP) is 6.92. The molecule has 0 radical (unpaired) electrons. The number of fused-ring (bicyclic) bond motifs is 2. The maximum Gasteiger partial charge on any atom is 0.181 e. The molecule has 5 aromatic heterocycles. The largest absolute Gasteiger partial charge is 0.384 e. The Hall–Kier alpha value is -5.09. The highest BCUT2D eigenvalue weighted by Gasteiger charge is 2.16. The van der Waals surface area contributed by atoms with E-state index in [4.69, 9.17) is 0 Å². The molecular weight excluding hydrogens is 541 g/mol. The number of aromatic amines is 2. The van der Waals surface area contributed by atoms with Crippen molar-refractivity contribution in [1.29, 1.82) is 0 Å². The number of likely N-dealkylation sites (N-methyl/N-ethyl adjacent to an activating group) is 1. The van der Waals surface area contributed by atoms with Crippen molar-refractivity contribution in [2.24, 2.45) is 5.92 Å². The van der Waals surface area contributed by atoms with Crippen molar-refractivity contribution in [3.63, 3.8) is 0 Å². The lowest BCUT2D eigenvalue weighted by Crippen LogP contribution is -2.20. The summed E-state index contributed by atoms with van der Waals surface area (Å²) in [5, 5.41) is 16.0. The van der Waals surface area contributed by atoms with E-state index in [1.807, 2.05) is 44.6 Å². The van der Waals surface area contributed by atoms with Crippen LogP contribution in [0.25, 0.3) is 55.7 Å². The summed E-state index contributed by atoms with van der Waals surface area (Å²) in [6, 6.07) is 13.0. The summed E-state index contributed by atoms with van der Waals surface area (Å²) in [6.07, 6.45) is 7.12. The van der Waals surface area contributed by atoms with Crippen molar-refractivity contribution in [2.75, 3.05) is 37.8 Å². The van der Waals surface area contributed by atoms with Crippen LogP contribution in [0, 0.1) is 11.7 Å². The van der Waals surface area contributed by atoms with Gasteiger partial charge in [0.25, 0.3) is 0 Å². The highest BCUT2D eigenvalue weighted by atomic mass is 19.1. The van der Waals surface area contributed by atoms with E-state index in [1.165, 1.54) is 6.07 Å². The number of rotatable bonds is 10. The summed E-state index contributed by atoms with van der Waals surface area (Å²) in [4.78, 5) is 19.1. The van der Waals surface area contributed by atoms with Crippen molar-refractivity contribution in [2.45, 2.75) is 13.8 Å². The van der Waals surface area contributed by atoms with Crippen molar-refractivity contribution in [3.05, 3.63) is 85.3 Å². The molecule has 0 atom stereocenters. The van der Waals surface area contributed by atoms with E-state index in [-0.39, 0.29) is 5.82 Å². The lowest BCUT2D eigenvalue weighted by molar-refractivity contribution is 0.425. The first-order valence-corrected chi connectivity index (χ1v) is 14.2. The minimum atomic E-state index is -0.300. The Morgan fingerprint density at radius 1 is 0.953 bits per heavy atom. The molecule has 6 rings (SSSR count). The Kier molecular flexibility index (Phi) is 7.60. The van der Waals surface area contributed by atoms with E-state index in [2.05, 4.69) is 72.2 Å². The number of halogens is 1. The number of hydrogen-bond donors (Lipinski definition) is 4. The number of benzene rings is 1. The van der Waals surface area contributed by atoms with Crippen LogP contribution >= 0.6 is 0 Å². The van der Waals surface area contributed by atoms with E-state index < -0.39 is 0 Å². The van der Waals surface area contributed by atoms with Gasteiger partial charge in [-0.15, -0.1) is 0 Å². The van der Waals surface area contributed by atoms with Crippen LogP contribution in [0.1, 0.15) is 13.8 Å². The number of aromatic nitrogens is 6. The number of pyridine rings is 3. The Morgan fingerprint density at radius 2 is 1.77 bits per heavy atom. The normalized spacial score (nSPS) is 11.6. The Balaban J connectivity index is 1.36. The summed E-state index contributed by atoms with van der Waals surface area (Å²) < 4.78 is 14.7. The third-order valence-electron chi connectivity index (χ3n) is 7.38. The average molecular weight is 576 g/mol. The molecule has 0 unspecified atom stereocenters. The highest BCUT2D eigenvalue weighted by molar-refractivity contribution is 6.00. The van der Waals surface area contributed by atoms with E-state index in [1.54, 1.807) is 24.7 Å². The fourth-order valence-corrected chi connectivity index (χ4v) is 4.94. The molecule has 43 heavy (non-hydrogen) atoms. The Morgan fingerprint density at radius 3 is 2.58 bits per heavy atom. The first-order valence-electron chi connectivity index (χ1n) is 14.2. The zero-order valence-electron chi connectivity index (χ0n) is 24.7. The molecule has 1 aromatic carbocycles. The molecular formula is C33H34FN9. The summed E-state index contributed by atoms with van der Waals surface area (Å²) in [7, 11) is 4.02. The second-order valence-electron chi connectivity index (χ2n) is 11.2. The van der Waals surface area contributed by atoms with Crippen LogP contribution in [0.2, 0.25) is 0 Å². The second kappa shape index (κ2) is 11.7. The summed E-state index contributed by atoms with van der Waals surface area (Å²) in [6.45, 7) is 9.84. The Labute approximate surface area is 249 Å². The molecule has 4 N–H and O–H groups in total. The molecule has 10 heteroatoms. The molecule has 0 aliphatic rings. The van der Waals surface area contributed by atoms with Crippen LogP contribution in [0.4, 0.5) is 15.8 Å². The summed E-state index contributed by atoms with van der Waals surface area (Å²) >= 11 is 0. The summed E-state index contributed by atoms with van der Waals surface area (Å²) in [5.41, 5.74) is 8.88. The van der Waals surface area contributed by atoms with Crippen LogP contribution in [0.3, 0.4) is 0 Å². The van der Waals surface area contributed by atoms with Gasteiger partial charge in [0.1, 0.15) is 11.5 Å². The number of nitrogens with zero attached hydrogens (tertiary/aromatic N) is 5. The van der Waals surface area contributed by atoms with Crippen molar-refractivity contribution >= 4 is 33.4 Å². The molecule has 9 nitrogen and oxygen atoms in total. The van der Waals surface area contributed by atoms with E-state index >= 15 is 0 Å². The average Bonchev–Trinajstić information content (AvgIpc) is 3.60. The molecule has 0 amide bonds. The van der Waals surface area contributed by atoms with Gasteiger partial charge in [0, 0.05) is 65.0 Å². The van der Waals surface area contributed by atoms with Gasteiger partial charge in [-0.1, -0.05) is 20.4 Å². The lowest BCUT2D eigenvalue weighted by Gasteiger charge is -2.13. The second-order valence-corrected chi connectivity index (χ2v) is 11.2. The van der Waals surface area contributed by atoms with Crippen molar-refractivity contribution in [1.82, 2.24) is 35.0 Å². The zero-order chi connectivity index (χ0) is 30.1. The first-order chi connectivity index (χ1) is 20.7. The molecule has 0 saturated carbocycles. The van der Waals surface area contributed by atoms with E-state index in [0.29, 0.717) is 23.8 Å². The van der Waals surface area contributed by atoms with Gasteiger partial charge in [-0.2, -0.15) is 5.10 Å². The van der Waals surface area contributed by atoms with Crippen LogP contribution in [0.15, 0.2) is 79.5 Å². The Bertz CT molecular complexity index is 1940. The third-order valence-corrected chi connectivity index (χ3v) is 7.38. The molecule has 0 spiro atoms. The smallest absolute Gasteiger partial charge is 0.181 e. The SMILES string of the molecule is C=C(Nc1cncc(-c2cnc3n[nH]c(-c4cc5c(-c6cc(F)cc(NCCN(C)C)c6)ccnc5[nH]4)c3c2)c1)C(C)C. The van der Waals surface area contributed by atoms with Gasteiger partial charge in [0.05, 0.1) is 23.3 Å². The number of nitrogens with one attached hydrogen (secondary N) is 4. The number of hydrogen-bond acceptors (Lipinski definition) is 7. The van der Waals surface area contributed by atoms with Crippen molar-refractivity contribution < 1.29 is 4.39 Å². The molecule has 0 aliphatic heterocycles. The quantitative estimate of drug-likeness (QED) is 0.140. The molecule has 218 valence electrons. The van der Waals surface area contributed by atoms with Gasteiger partial charge < -0.3 is 20.5 Å². The van der Waals surface area contributed by atoms with Crippen molar-refractivity contribution in [3.8, 4) is 33.6 Å². The van der Waals surface area contributed by atoms with Gasteiger partial charge in [-0.3, -0.25) is 10.1 Å². The number of H-pyrrole nitrogens is 2. The fourth-order valence-electron chi connectivity index (χ4n) is 4.94. The molecule has 6 aromatic rings. The molecule has 5 heterocycles. The lowest BCUT2D eigenvalue weighted by atomic mass is 10.0. The van der Waals surface area contributed by atoms with Crippen LogP contribution < -0.4 is 10.6 Å². The van der Waals surface area contributed by atoms with Crippen LogP contribution in [-0.2, 0) is 0 Å². The predicted molar refractivity (Wildman–Crippen MR) is 172 cm³/mol. The van der Waals surface area contributed by atoms with Gasteiger partial charge in [0.2, 0.25) is 0 Å². The van der Waals surface area contributed by atoms with Crippen LogP contribution in [-0.4, -0.2) is 62.2 Å². The third kappa shape index (κ3) is 5.96. The standard InChI is InChI=1S/C33H34FN9/c1-19(2)20(3)39-26-12-22(16-35-18-26)23-13-29-31(41-42-33(29)38-17-23)30-15-28-27(6-7-37-32(28)40-30)21-10-24(34)14-25(11-21)36-8-9-43(4)5/h6-7,10-19,36,39H,3,8-9H2,1-2,4-5H3,(H,37,40)(H,38,41,42). The minimum Gasteiger partial charge on any atom is -0.384 e. The van der Waals surface area contributed by atoms with Gasteiger partial charge >= 0.3 is 0 Å². The van der Waals surface area contributed by atoms with Gasteiger partial charge in [-0.25, -0.2) is 14.4 Å².